The van der Waals surface area contributed by atoms with Crippen molar-refractivity contribution >= 4 is 34.0 Å². The first-order valence-corrected chi connectivity index (χ1v) is 7.02. The van der Waals surface area contributed by atoms with Gasteiger partial charge in [0.15, 0.2) is 5.69 Å². The van der Waals surface area contributed by atoms with Crippen molar-refractivity contribution in [3.8, 4) is 0 Å². The molecule has 1 aromatic heterocycles. The van der Waals surface area contributed by atoms with Crippen molar-refractivity contribution in [3.05, 3.63) is 30.0 Å². The second-order valence-corrected chi connectivity index (χ2v) is 5.52. The average Bonchev–Trinajstić information content (AvgIpc) is 3.04. The van der Waals surface area contributed by atoms with E-state index in [4.69, 9.17) is 18.0 Å². The van der Waals surface area contributed by atoms with Gasteiger partial charge in [-0.3, -0.25) is 9.48 Å². The number of para-hydroxylation sites is 1. The molecule has 3 rings (SSSR count). The standard InChI is InChI=1S/C14H16N4OS/c1-17-10-6-3-2-5-9(10)12(16-17)14(19)18-8-4-7-11(18)13(15)20/h2-3,5-6,11H,4,7-8H2,1H3,(H2,15,20). The Labute approximate surface area is 122 Å². The van der Waals surface area contributed by atoms with Crippen molar-refractivity contribution in [1.29, 1.82) is 0 Å². The quantitative estimate of drug-likeness (QED) is 0.850. The van der Waals surface area contributed by atoms with E-state index in [2.05, 4.69) is 5.10 Å². The Hall–Kier alpha value is -1.95. The number of hydrogen-bond acceptors (Lipinski definition) is 3. The number of hydrogen-bond donors (Lipinski definition) is 1. The fourth-order valence-corrected chi connectivity index (χ4v) is 3.06. The Morgan fingerprint density at radius 1 is 1.45 bits per heavy atom. The van der Waals surface area contributed by atoms with Crippen molar-refractivity contribution in [2.24, 2.45) is 12.8 Å². The Bertz CT molecular complexity index is 694. The molecule has 5 nitrogen and oxygen atoms in total. The highest BCUT2D eigenvalue weighted by atomic mass is 32.1. The molecule has 1 fully saturated rings. The van der Waals surface area contributed by atoms with Gasteiger partial charge in [0.1, 0.15) is 0 Å². The third-order valence-corrected chi connectivity index (χ3v) is 4.07. The normalized spacial score (nSPS) is 18.6. The Morgan fingerprint density at radius 3 is 2.95 bits per heavy atom. The summed E-state index contributed by atoms with van der Waals surface area (Å²) in [5, 5.41) is 5.24. The van der Waals surface area contributed by atoms with Crippen LogP contribution in [0.15, 0.2) is 24.3 Å². The lowest BCUT2D eigenvalue weighted by molar-refractivity contribution is 0.0765. The first-order valence-electron chi connectivity index (χ1n) is 6.61. The first kappa shape index (κ1) is 13.1. The number of nitrogens with two attached hydrogens (primary N) is 1. The van der Waals surface area contributed by atoms with Crippen LogP contribution < -0.4 is 5.73 Å². The van der Waals surface area contributed by atoms with Gasteiger partial charge in [-0.15, -0.1) is 0 Å². The maximum absolute atomic E-state index is 12.7. The van der Waals surface area contributed by atoms with Gasteiger partial charge in [-0.1, -0.05) is 30.4 Å². The summed E-state index contributed by atoms with van der Waals surface area (Å²) in [6.45, 7) is 0.686. The number of thiocarbonyl (C=S) groups is 1. The van der Waals surface area contributed by atoms with E-state index in [1.54, 1.807) is 9.58 Å². The highest BCUT2D eigenvalue weighted by Crippen LogP contribution is 2.24. The van der Waals surface area contributed by atoms with Crippen LogP contribution in [0, 0.1) is 0 Å². The molecule has 104 valence electrons. The van der Waals surface area contributed by atoms with Gasteiger partial charge in [0, 0.05) is 19.0 Å². The molecule has 0 aliphatic carbocycles. The summed E-state index contributed by atoms with van der Waals surface area (Å²) >= 11 is 5.06. The van der Waals surface area contributed by atoms with Gasteiger partial charge >= 0.3 is 0 Å². The monoisotopic (exact) mass is 288 g/mol. The molecular weight excluding hydrogens is 272 g/mol. The number of benzene rings is 1. The summed E-state index contributed by atoms with van der Waals surface area (Å²) in [7, 11) is 1.84. The molecule has 1 aliphatic heterocycles. The van der Waals surface area contributed by atoms with E-state index in [0.29, 0.717) is 17.2 Å². The highest BCUT2D eigenvalue weighted by molar-refractivity contribution is 7.80. The minimum absolute atomic E-state index is 0.0860. The number of aryl methyl sites for hydroxylation is 1. The molecule has 0 spiro atoms. The third kappa shape index (κ3) is 1.96. The van der Waals surface area contributed by atoms with E-state index in [1.165, 1.54) is 0 Å². The van der Waals surface area contributed by atoms with Crippen LogP contribution in [0.25, 0.3) is 10.9 Å². The average molecular weight is 288 g/mol. The lowest BCUT2D eigenvalue weighted by Gasteiger charge is -2.22. The van der Waals surface area contributed by atoms with Gasteiger partial charge in [-0.2, -0.15) is 5.10 Å². The summed E-state index contributed by atoms with van der Waals surface area (Å²) in [4.78, 5) is 14.9. The zero-order valence-electron chi connectivity index (χ0n) is 11.2. The molecule has 1 saturated heterocycles. The molecule has 2 aromatic rings. The van der Waals surface area contributed by atoms with E-state index >= 15 is 0 Å². The van der Waals surface area contributed by atoms with Crippen molar-refractivity contribution in [2.45, 2.75) is 18.9 Å². The number of carbonyl (C=O) groups is 1. The molecule has 1 aromatic carbocycles. The summed E-state index contributed by atoms with van der Waals surface area (Å²) in [5.74, 6) is -0.0860. The van der Waals surface area contributed by atoms with Crippen LogP contribution in [-0.2, 0) is 7.05 Å². The highest BCUT2D eigenvalue weighted by Gasteiger charge is 2.33. The van der Waals surface area contributed by atoms with Crippen molar-refractivity contribution in [3.63, 3.8) is 0 Å². The van der Waals surface area contributed by atoms with Crippen molar-refractivity contribution in [2.75, 3.05) is 6.54 Å². The second-order valence-electron chi connectivity index (χ2n) is 5.05. The van der Waals surface area contributed by atoms with Crippen LogP contribution >= 0.6 is 12.2 Å². The largest absolute Gasteiger partial charge is 0.392 e. The number of rotatable bonds is 2. The SMILES string of the molecule is Cn1nc(C(=O)N2CCCC2C(N)=S)c2ccccc21. The molecule has 1 aliphatic rings. The summed E-state index contributed by atoms with van der Waals surface area (Å²) in [6, 6.07) is 7.58. The molecule has 1 unspecified atom stereocenters. The molecule has 0 radical (unpaired) electrons. The number of amides is 1. The van der Waals surface area contributed by atoms with Crippen LogP contribution in [0.5, 0.6) is 0 Å². The molecule has 0 bridgehead atoms. The van der Waals surface area contributed by atoms with Crippen molar-refractivity contribution < 1.29 is 4.79 Å². The van der Waals surface area contributed by atoms with Gasteiger partial charge in [0.25, 0.3) is 5.91 Å². The summed E-state index contributed by atoms with van der Waals surface area (Å²) in [5.41, 5.74) is 7.16. The molecule has 20 heavy (non-hydrogen) atoms. The summed E-state index contributed by atoms with van der Waals surface area (Å²) in [6.07, 6.45) is 1.77. The number of carbonyl (C=O) groups excluding carboxylic acids is 1. The Kier molecular flexibility index (Phi) is 3.17. The van der Waals surface area contributed by atoms with Gasteiger partial charge in [-0.05, 0) is 18.9 Å². The van der Waals surface area contributed by atoms with Crippen molar-refractivity contribution in [1.82, 2.24) is 14.7 Å². The minimum Gasteiger partial charge on any atom is -0.392 e. The minimum atomic E-state index is -0.140. The van der Waals surface area contributed by atoms with Crippen LogP contribution in [-0.4, -0.2) is 38.2 Å². The smallest absolute Gasteiger partial charge is 0.275 e. The third-order valence-electron chi connectivity index (χ3n) is 3.80. The molecule has 2 heterocycles. The zero-order chi connectivity index (χ0) is 14.3. The van der Waals surface area contributed by atoms with Gasteiger partial charge in [0.2, 0.25) is 0 Å². The topological polar surface area (TPSA) is 64.2 Å². The molecule has 0 saturated carbocycles. The lowest BCUT2D eigenvalue weighted by atomic mass is 10.1. The molecule has 1 amide bonds. The van der Waals surface area contributed by atoms with Crippen LogP contribution in [0.1, 0.15) is 23.3 Å². The fourth-order valence-electron chi connectivity index (χ4n) is 2.81. The maximum atomic E-state index is 12.7. The molecule has 2 N–H and O–H groups in total. The predicted octanol–water partition coefficient (Wildman–Crippen LogP) is 1.46. The van der Waals surface area contributed by atoms with Gasteiger partial charge in [-0.25, -0.2) is 0 Å². The van der Waals surface area contributed by atoms with Crippen LogP contribution in [0.2, 0.25) is 0 Å². The number of fused-ring (bicyclic) bond motifs is 1. The van der Waals surface area contributed by atoms with Gasteiger partial charge in [0.05, 0.1) is 16.5 Å². The molecular formula is C14H16N4OS. The molecule has 6 heteroatoms. The summed E-state index contributed by atoms with van der Waals surface area (Å²) < 4.78 is 1.73. The van der Waals surface area contributed by atoms with E-state index in [1.807, 2.05) is 31.3 Å². The van der Waals surface area contributed by atoms with E-state index in [-0.39, 0.29) is 11.9 Å². The Morgan fingerprint density at radius 2 is 2.20 bits per heavy atom. The second kappa shape index (κ2) is 4.86. The fraction of sp³-hybridized carbons (Fsp3) is 0.357. The zero-order valence-corrected chi connectivity index (χ0v) is 12.1. The number of likely N-dealkylation sites (tertiary alicyclic amines) is 1. The van der Waals surface area contributed by atoms with Crippen LogP contribution in [0.3, 0.4) is 0 Å². The van der Waals surface area contributed by atoms with Gasteiger partial charge < -0.3 is 10.6 Å². The number of aromatic nitrogens is 2. The van der Waals surface area contributed by atoms with E-state index < -0.39 is 0 Å². The number of nitrogens with zero attached hydrogens (tertiary/aromatic N) is 3. The van der Waals surface area contributed by atoms with Crippen LogP contribution in [0.4, 0.5) is 0 Å². The van der Waals surface area contributed by atoms with E-state index in [0.717, 1.165) is 23.7 Å². The maximum Gasteiger partial charge on any atom is 0.275 e. The lowest BCUT2D eigenvalue weighted by Crippen LogP contribution is -2.43. The Balaban J connectivity index is 2.03. The predicted molar refractivity (Wildman–Crippen MR) is 81.6 cm³/mol. The molecule has 1 atom stereocenters. The first-order chi connectivity index (χ1) is 9.59. The van der Waals surface area contributed by atoms with E-state index in [9.17, 15) is 4.79 Å².